The first-order chi connectivity index (χ1) is 9.42. The summed E-state index contributed by atoms with van der Waals surface area (Å²) in [6, 6.07) is 5.54. The number of rotatable bonds is 4. The van der Waals surface area contributed by atoms with E-state index in [1.54, 1.807) is 6.07 Å². The van der Waals surface area contributed by atoms with Crippen molar-refractivity contribution < 1.29 is 8.42 Å². The fraction of sp³-hybridized carbons (Fsp3) is 0.538. The zero-order valence-electron chi connectivity index (χ0n) is 11.5. The van der Waals surface area contributed by atoms with Crippen molar-refractivity contribution in [1.82, 2.24) is 4.31 Å². The molecule has 0 saturated carbocycles. The summed E-state index contributed by atoms with van der Waals surface area (Å²) in [5.41, 5.74) is 7.16. The highest BCUT2D eigenvalue weighted by molar-refractivity contribution is 9.10. The van der Waals surface area contributed by atoms with Crippen LogP contribution in [0, 0.1) is 12.8 Å². The minimum absolute atomic E-state index is 0.254. The highest BCUT2D eigenvalue weighted by Crippen LogP contribution is 2.24. The molecule has 5 nitrogen and oxygen atoms in total. The predicted molar refractivity (Wildman–Crippen MR) is 84.8 cm³/mol. The fourth-order valence-electron chi connectivity index (χ4n) is 2.35. The van der Waals surface area contributed by atoms with Gasteiger partial charge in [-0.25, -0.2) is 0 Å². The van der Waals surface area contributed by atoms with E-state index in [0.717, 1.165) is 22.9 Å². The molecule has 0 aromatic heterocycles. The molecule has 1 aliphatic rings. The van der Waals surface area contributed by atoms with Crippen LogP contribution in [0.1, 0.15) is 18.4 Å². The number of piperidine rings is 1. The van der Waals surface area contributed by atoms with E-state index in [0.29, 0.717) is 25.3 Å². The normalized spacial score (nSPS) is 20.9. The molecular formula is C13H20BrN3O2S. The van der Waals surface area contributed by atoms with E-state index in [2.05, 4.69) is 20.7 Å². The first-order valence-corrected chi connectivity index (χ1v) is 8.90. The van der Waals surface area contributed by atoms with Crippen molar-refractivity contribution in [3.8, 4) is 0 Å². The first kappa shape index (κ1) is 15.8. The average molecular weight is 362 g/mol. The Hall–Kier alpha value is -0.630. The van der Waals surface area contributed by atoms with Gasteiger partial charge in [-0.3, -0.25) is 4.72 Å². The van der Waals surface area contributed by atoms with Gasteiger partial charge in [0, 0.05) is 17.6 Å². The van der Waals surface area contributed by atoms with Gasteiger partial charge in [-0.15, -0.1) is 0 Å². The van der Waals surface area contributed by atoms with Crippen LogP contribution in [0.15, 0.2) is 22.7 Å². The van der Waals surface area contributed by atoms with E-state index >= 15 is 0 Å². The fourth-order valence-corrected chi connectivity index (χ4v) is 4.11. The Morgan fingerprint density at radius 2 is 2.25 bits per heavy atom. The van der Waals surface area contributed by atoms with Gasteiger partial charge < -0.3 is 5.73 Å². The molecule has 1 atom stereocenters. The van der Waals surface area contributed by atoms with E-state index in [9.17, 15) is 8.42 Å². The summed E-state index contributed by atoms with van der Waals surface area (Å²) in [5, 5.41) is 0. The lowest BCUT2D eigenvalue weighted by Crippen LogP contribution is -2.44. The zero-order valence-corrected chi connectivity index (χ0v) is 13.9. The monoisotopic (exact) mass is 361 g/mol. The predicted octanol–water partition coefficient (Wildman–Crippen LogP) is 2.08. The molecule has 7 heteroatoms. The van der Waals surface area contributed by atoms with Crippen molar-refractivity contribution in [1.29, 1.82) is 0 Å². The third-order valence-electron chi connectivity index (χ3n) is 3.59. The number of nitrogens with one attached hydrogen (secondary N) is 1. The molecule has 1 aromatic rings. The van der Waals surface area contributed by atoms with Gasteiger partial charge in [0.05, 0.1) is 5.69 Å². The van der Waals surface area contributed by atoms with E-state index in [1.165, 1.54) is 4.31 Å². The van der Waals surface area contributed by atoms with Crippen LogP contribution in [-0.2, 0) is 10.2 Å². The van der Waals surface area contributed by atoms with Crippen LogP contribution in [0.4, 0.5) is 5.69 Å². The zero-order chi connectivity index (χ0) is 14.8. The number of hydrogen-bond acceptors (Lipinski definition) is 3. The quantitative estimate of drug-likeness (QED) is 0.861. The lowest BCUT2D eigenvalue weighted by molar-refractivity contribution is 0.273. The molecule has 1 aliphatic heterocycles. The van der Waals surface area contributed by atoms with E-state index in [4.69, 9.17) is 5.73 Å². The minimum Gasteiger partial charge on any atom is -0.330 e. The maximum Gasteiger partial charge on any atom is 0.301 e. The average Bonchev–Trinajstić information content (AvgIpc) is 2.43. The molecule has 1 heterocycles. The number of nitrogens with zero attached hydrogens (tertiary/aromatic N) is 1. The van der Waals surface area contributed by atoms with Crippen LogP contribution in [0.3, 0.4) is 0 Å². The Bertz CT molecular complexity index is 577. The number of aryl methyl sites for hydroxylation is 1. The summed E-state index contributed by atoms with van der Waals surface area (Å²) >= 11 is 3.36. The Labute approximate surface area is 128 Å². The van der Waals surface area contributed by atoms with Gasteiger partial charge in [0.25, 0.3) is 0 Å². The molecule has 0 spiro atoms. The van der Waals surface area contributed by atoms with Crippen LogP contribution >= 0.6 is 15.9 Å². The molecule has 0 aliphatic carbocycles. The molecule has 112 valence electrons. The molecule has 0 radical (unpaired) electrons. The van der Waals surface area contributed by atoms with Crippen molar-refractivity contribution in [2.24, 2.45) is 11.7 Å². The highest BCUT2D eigenvalue weighted by Gasteiger charge is 2.28. The SMILES string of the molecule is Cc1ccc(Br)cc1NS(=O)(=O)N1CCCC(CN)C1. The standard InChI is InChI=1S/C13H20BrN3O2S/c1-10-4-5-12(14)7-13(10)16-20(18,19)17-6-2-3-11(8-15)9-17/h4-5,7,11,16H,2-3,6,8-9,15H2,1H3. The third kappa shape index (κ3) is 3.72. The van der Waals surface area contributed by atoms with Crippen LogP contribution in [0.2, 0.25) is 0 Å². The van der Waals surface area contributed by atoms with E-state index in [1.807, 2.05) is 19.1 Å². The van der Waals surface area contributed by atoms with Gasteiger partial charge in [0.2, 0.25) is 0 Å². The van der Waals surface area contributed by atoms with Gasteiger partial charge in [-0.2, -0.15) is 12.7 Å². The molecule has 1 saturated heterocycles. The Kier molecular flexibility index (Phi) is 5.06. The molecule has 2 rings (SSSR count). The molecule has 1 unspecified atom stereocenters. The van der Waals surface area contributed by atoms with Crippen LogP contribution in [-0.4, -0.2) is 32.4 Å². The summed E-state index contributed by atoms with van der Waals surface area (Å²) in [6.07, 6.45) is 1.86. The maximum absolute atomic E-state index is 12.4. The molecule has 20 heavy (non-hydrogen) atoms. The summed E-state index contributed by atoms with van der Waals surface area (Å²) in [4.78, 5) is 0. The van der Waals surface area contributed by atoms with Crippen molar-refractivity contribution in [2.75, 3.05) is 24.4 Å². The number of nitrogens with two attached hydrogens (primary N) is 1. The second-order valence-electron chi connectivity index (χ2n) is 5.17. The van der Waals surface area contributed by atoms with E-state index < -0.39 is 10.2 Å². The minimum atomic E-state index is -3.51. The molecule has 1 fully saturated rings. The Morgan fingerprint density at radius 1 is 1.50 bits per heavy atom. The lowest BCUT2D eigenvalue weighted by Gasteiger charge is -2.31. The first-order valence-electron chi connectivity index (χ1n) is 6.66. The van der Waals surface area contributed by atoms with Gasteiger partial charge in [0.15, 0.2) is 0 Å². The summed E-state index contributed by atoms with van der Waals surface area (Å²) in [6.45, 7) is 3.46. The Balaban J connectivity index is 2.16. The van der Waals surface area contributed by atoms with Crippen molar-refractivity contribution in [3.05, 3.63) is 28.2 Å². The number of hydrogen-bond donors (Lipinski definition) is 2. The summed E-state index contributed by atoms with van der Waals surface area (Å²) in [5.74, 6) is 0.254. The topological polar surface area (TPSA) is 75.4 Å². The van der Waals surface area contributed by atoms with Gasteiger partial charge in [-0.05, 0) is 49.9 Å². The maximum atomic E-state index is 12.4. The lowest BCUT2D eigenvalue weighted by atomic mass is 10.0. The van der Waals surface area contributed by atoms with E-state index in [-0.39, 0.29) is 5.92 Å². The summed E-state index contributed by atoms with van der Waals surface area (Å²) in [7, 11) is -3.51. The third-order valence-corrected chi connectivity index (χ3v) is 5.58. The number of halogens is 1. The smallest absolute Gasteiger partial charge is 0.301 e. The molecule has 1 aromatic carbocycles. The number of benzene rings is 1. The second kappa shape index (κ2) is 6.43. The van der Waals surface area contributed by atoms with Crippen molar-refractivity contribution in [3.63, 3.8) is 0 Å². The van der Waals surface area contributed by atoms with Gasteiger partial charge in [0.1, 0.15) is 0 Å². The molecule has 3 N–H and O–H groups in total. The number of anilines is 1. The van der Waals surface area contributed by atoms with Crippen molar-refractivity contribution >= 4 is 31.8 Å². The highest BCUT2D eigenvalue weighted by atomic mass is 79.9. The van der Waals surface area contributed by atoms with Gasteiger partial charge >= 0.3 is 10.2 Å². The molecular weight excluding hydrogens is 342 g/mol. The van der Waals surface area contributed by atoms with Crippen LogP contribution in [0.25, 0.3) is 0 Å². The van der Waals surface area contributed by atoms with Crippen molar-refractivity contribution in [2.45, 2.75) is 19.8 Å². The van der Waals surface area contributed by atoms with Crippen LogP contribution < -0.4 is 10.5 Å². The van der Waals surface area contributed by atoms with Crippen LogP contribution in [0.5, 0.6) is 0 Å². The largest absolute Gasteiger partial charge is 0.330 e. The van der Waals surface area contributed by atoms with Gasteiger partial charge in [-0.1, -0.05) is 22.0 Å². The summed E-state index contributed by atoms with van der Waals surface area (Å²) < 4.78 is 29.9. The Morgan fingerprint density at radius 3 is 2.95 bits per heavy atom. The second-order valence-corrected chi connectivity index (χ2v) is 7.75. The molecule has 0 amide bonds. The molecule has 0 bridgehead atoms.